The van der Waals surface area contributed by atoms with Crippen LogP contribution in [-0.2, 0) is 16.1 Å². The van der Waals surface area contributed by atoms with E-state index in [9.17, 15) is 14.4 Å². The molecule has 0 unspecified atom stereocenters. The summed E-state index contributed by atoms with van der Waals surface area (Å²) in [6.07, 6.45) is 3.47. The zero-order valence-electron chi connectivity index (χ0n) is 18.6. The van der Waals surface area contributed by atoms with Crippen molar-refractivity contribution in [3.05, 3.63) is 70.9 Å². The van der Waals surface area contributed by atoms with Crippen LogP contribution >= 0.6 is 0 Å². The molecular weight excluding hydrogens is 406 g/mol. The van der Waals surface area contributed by atoms with E-state index in [2.05, 4.69) is 6.07 Å². The van der Waals surface area contributed by atoms with Crippen molar-refractivity contribution < 1.29 is 19.1 Å². The van der Waals surface area contributed by atoms with Gasteiger partial charge in [0.2, 0.25) is 0 Å². The fraction of sp³-hybridized carbons (Fsp3) is 0.240. The molecule has 1 fully saturated rings. The third-order valence-corrected chi connectivity index (χ3v) is 5.56. The summed E-state index contributed by atoms with van der Waals surface area (Å²) in [4.78, 5) is 39.1. The van der Waals surface area contributed by atoms with E-state index in [0.29, 0.717) is 13.2 Å². The Bertz CT molecular complexity index is 1230. The minimum atomic E-state index is -0.636. The molecule has 1 aliphatic heterocycles. The van der Waals surface area contributed by atoms with Gasteiger partial charge in [0.15, 0.2) is 0 Å². The van der Waals surface area contributed by atoms with E-state index in [1.807, 2.05) is 61.0 Å². The van der Waals surface area contributed by atoms with Gasteiger partial charge in [0.1, 0.15) is 17.9 Å². The maximum atomic E-state index is 12.6. The van der Waals surface area contributed by atoms with Crippen LogP contribution in [0.5, 0.6) is 5.75 Å². The number of aromatic nitrogens is 1. The van der Waals surface area contributed by atoms with E-state index in [-0.39, 0.29) is 5.57 Å². The predicted octanol–water partition coefficient (Wildman–Crippen LogP) is 3.77. The number of nitrogens with zero attached hydrogens (tertiary/aromatic N) is 3. The molecule has 0 aliphatic carbocycles. The normalized spacial score (nSPS) is 14.5. The number of imide groups is 2. The first-order chi connectivity index (χ1) is 15.3. The molecule has 32 heavy (non-hydrogen) atoms. The van der Waals surface area contributed by atoms with Gasteiger partial charge in [-0.3, -0.25) is 19.4 Å². The number of rotatable bonds is 5. The third kappa shape index (κ3) is 3.89. The van der Waals surface area contributed by atoms with Crippen molar-refractivity contribution in [3.63, 3.8) is 0 Å². The number of aryl methyl sites for hydroxylation is 2. The average molecular weight is 431 g/mol. The third-order valence-electron chi connectivity index (χ3n) is 5.56. The fourth-order valence-electron chi connectivity index (χ4n) is 3.98. The van der Waals surface area contributed by atoms with Crippen LogP contribution in [0.2, 0.25) is 0 Å². The van der Waals surface area contributed by atoms with Crippen molar-refractivity contribution >= 4 is 34.8 Å². The molecule has 2 heterocycles. The number of urea groups is 1. The summed E-state index contributed by atoms with van der Waals surface area (Å²) in [7, 11) is 2.74. The second-order valence-corrected chi connectivity index (χ2v) is 8.04. The van der Waals surface area contributed by atoms with Crippen LogP contribution < -0.4 is 4.74 Å². The molecule has 3 aromatic rings. The van der Waals surface area contributed by atoms with Crippen LogP contribution in [-0.4, -0.2) is 52.9 Å². The van der Waals surface area contributed by atoms with Gasteiger partial charge in [-0.15, -0.1) is 0 Å². The first-order valence-corrected chi connectivity index (χ1v) is 10.4. The SMILES string of the molecule is Cc1cc(C)cc(OCCn2cc(C=C3C(=O)N(C)C(=O)N(C)C3=O)c3ccccc32)c1. The van der Waals surface area contributed by atoms with E-state index in [1.54, 1.807) is 6.08 Å². The lowest BCUT2D eigenvalue weighted by Crippen LogP contribution is -2.52. The maximum Gasteiger partial charge on any atom is 0.333 e. The van der Waals surface area contributed by atoms with Gasteiger partial charge in [-0.2, -0.15) is 0 Å². The lowest BCUT2D eigenvalue weighted by atomic mass is 10.1. The molecule has 1 aromatic heterocycles. The van der Waals surface area contributed by atoms with Gasteiger partial charge in [0.25, 0.3) is 11.8 Å². The minimum Gasteiger partial charge on any atom is -0.492 e. The Labute approximate surface area is 186 Å². The molecule has 164 valence electrons. The van der Waals surface area contributed by atoms with Crippen LogP contribution in [0.25, 0.3) is 17.0 Å². The van der Waals surface area contributed by atoms with Gasteiger partial charge in [0, 0.05) is 36.8 Å². The lowest BCUT2D eigenvalue weighted by molar-refractivity contribution is -0.134. The summed E-state index contributed by atoms with van der Waals surface area (Å²) in [5.74, 6) is -0.378. The molecule has 0 radical (unpaired) electrons. The van der Waals surface area contributed by atoms with Crippen molar-refractivity contribution in [3.8, 4) is 5.75 Å². The largest absolute Gasteiger partial charge is 0.492 e. The van der Waals surface area contributed by atoms with Crippen LogP contribution in [0.4, 0.5) is 4.79 Å². The van der Waals surface area contributed by atoms with E-state index in [1.165, 1.54) is 14.1 Å². The van der Waals surface area contributed by atoms with Gasteiger partial charge >= 0.3 is 6.03 Å². The highest BCUT2D eigenvalue weighted by molar-refractivity contribution is 6.31. The number of amides is 4. The molecule has 0 bridgehead atoms. The molecule has 0 spiro atoms. The molecule has 4 amide bonds. The number of carbonyl (C=O) groups excluding carboxylic acids is 3. The zero-order valence-corrected chi connectivity index (χ0v) is 18.6. The Morgan fingerprint density at radius 3 is 2.19 bits per heavy atom. The highest BCUT2D eigenvalue weighted by Gasteiger charge is 2.37. The zero-order chi connectivity index (χ0) is 23.0. The van der Waals surface area contributed by atoms with Crippen LogP contribution in [0.15, 0.2) is 54.2 Å². The second kappa shape index (κ2) is 8.34. The molecule has 2 aromatic carbocycles. The van der Waals surface area contributed by atoms with Crippen LogP contribution in [0.1, 0.15) is 16.7 Å². The summed E-state index contributed by atoms with van der Waals surface area (Å²) in [6.45, 7) is 5.14. The predicted molar refractivity (Wildman–Crippen MR) is 122 cm³/mol. The summed E-state index contributed by atoms with van der Waals surface area (Å²) in [6, 6.07) is 13.3. The van der Waals surface area contributed by atoms with Gasteiger partial charge in [0.05, 0.1) is 6.54 Å². The van der Waals surface area contributed by atoms with Gasteiger partial charge < -0.3 is 9.30 Å². The Hall–Kier alpha value is -3.87. The molecule has 1 aliphatic rings. The number of hydrogen-bond acceptors (Lipinski definition) is 4. The number of benzene rings is 2. The van der Waals surface area contributed by atoms with E-state index in [4.69, 9.17) is 4.74 Å². The Morgan fingerprint density at radius 2 is 1.53 bits per heavy atom. The maximum absolute atomic E-state index is 12.6. The molecular formula is C25H25N3O4. The molecule has 0 atom stereocenters. The minimum absolute atomic E-state index is 0.0380. The Balaban J connectivity index is 1.63. The van der Waals surface area contributed by atoms with Crippen LogP contribution in [0, 0.1) is 13.8 Å². The standard InChI is InChI=1S/C25H25N3O4/c1-16-11-17(2)13-19(12-16)32-10-9-28-15-18(20-7-5-6-8-22(20)28)14-21-23(29)26(3)25(31)27(4)24(21)30/h5-8,11-15H,9-10H2,1-4H3. The van der Waals surface area contributed by atoms with Gasteiger partial charge in [-0.1, -0.05) is 24.3 Å². The summed E-state index contributed by atoms with van der Waals surface area (Å²) < 4.78 is 8.00. The van der Waals surface area contributed by atoms with Gasteiger partial charge in [-0.25, -0.2) is 4.79 Å². The number of hydrogen-bond donors (Lipinski definition) is 0. The summed E-state index contributed by atoms with van der Waals surface area (Å²) in [5.41, 5.74) is 3.96. The highest BCUT2D eigenvalue weighted by Crippen LogP contribution is 2.26. The molecule has 7 nitrogen and oxygen atoms in total. The van der Waals surface area contributed by atoms with E-state index in [0.717, 1.165) is 43.1 Å². The molecule has 4 rings (SSSR count). The van der Waals surface area contributed by atoms with Gasteiger partial charge in [-0.05, 0) is 49.2 Å². The first kappa shape index (κ1) is 21.4. The molecule has 1 saturated heterocycles. The smallest absolute Gasteiger partial charge is 0.333 e. The Morgan fingerprint density at radius 1 is 0.906 bits per heavy atom. The van der Waals surface area contributed by atoms with Crippen molar-refractivity contribution in [1.82, 2.24) is 14.4 Å². The molecule has 0 N–H and O–H groups in total. The quantitative estimate of drug-likeness (QED) is 0.455. The van der Waals surface area contributed by atoms with Crippen molar-refractivity contribution in [2.24, 2.45) is 0 Å². The van der Waals surface area contributed by atoms with Crippen LogP contribution in [0.3, 0.4) is 0 Å². The number of carbonyl (C=O) groups is 3. The van der Waals surface area contributed by atoms with Crippen molar-refractivity contribution in [2.75, 3.05) is 20.7 Å². The average Bonchev–Trinajstić information content (AvgIpc) is 3.11. The first-order valence-electron chi connectivity index (χ1n) is 10.4. The number of ether oxygens (including phenoxy) is 1. The fourth-order valence-corrected chi connectivity index (χ4v) is 3.98. The monoisotopic (exact) mass is 431 g/mol. The number of likely N-dealkylation sites (N-methyl/N-ethyl adjacent to an activating group) is 2. The number of para-hydroxylation sites is 1. The topological polar surface area (TPSA) is 71.8 Å². The highest BCUT2D eigenvalue weighted by atomic mass is 16.5. The van der Waals surface area contributed by atoms with E-state index >= 15 is 0 Å². The number of barbiturate groups is 1. The Kier molecular flexibility index (Phi) is 5.57. The van der Waals surface area contributed by atoms with Crippen molar-refractivity contribution in [1.29, 1.82) is 0 Å². The lowest BCUT2D eigenvalue weighted by Gasteiger charge is -2.28. The summed E-state index contributed by atoms with van der Waals surface area (Å²) in [5, 5.41) is 0.911. The molecule has 7 heteroatoms. The summed E-state index contributed by atoms with van der Waals surface area (Å²) >= 11 is 0. The number of fused-ring (bicyclic) bond motifs is 1. The second-order valence-electron chi connectivity index (χ2n) is 8.04. The van der Waals surface area contributed by atoms with E-state index < -0.39 is 17.8 Å². The molecule has 0 saturated carbocycles. The van der Waals surface area contributed by atoms with Crippen molar-refractivity contribution in [2.45, 2.75) is 20.4 Å².